The first-order chi connectivity index (χ1) is 14.3. The molecule has 30 heavy (non-hydrogen) atoms. The zero-order chi connectivity index (χ0) is 21.8. The molecule has 0 saturated carbocycles. The third-order valence-electron chi connectivity index (χ3n) is 5.58. The topological polar surface area (TPSA) is 66.4 Å². The molecule has 1 fully saturated rings. The van der Waals surface area contributed by atoms with Crippen LogP contribution in [0.15, 0.2) is 18.5 Å². The number of piperidine rings is 1. The SMILES string of the molecule is CCCC(C)C(=O)N1CCCC(C(=O)N(C)c2sc(-c3cncc(F)c3)nc2C)C1. The van der Waals surface area contributed by atoms with E-state index in [0.29, 0.717) is 17.1 Å². The number of pyridine rings is 1. The lowest BCUT2D eigenvalue weighted by atomic mass is 9.94. The largest absolute Gasteiger partial charge is 0.342 e. The van der Waals surface area contributed by atoms with E-state index < -0.39 is 5.82 Å². The number of halogens is 1. The molecule has 0 spiro atoms. The van der Waals surface area contributed by atoms with Crippen LogP contribution in [0.5, 0.6) is 0 Å². The summed E-state index contributed by atoms with van der Waals surface area (Å²) in [6.45, 7) is 7.07. The second kappa shape index (κ2) is 9.64. The fraction of sp³-hybridized carbons (Fsp3) is 0.545. The molecule has 0 aliphatic carbocycles. The number of anilines is 1. The molecule has 0 aromatic carbocycles. The van der Waals surface area contributed by atoms with Crippen LogP contribution < -0.4 is 4.90 Å². The van der Waals surface area contributed by atoms with E-state index in [2.05, 4.69) is 16.9 Å². The van der Waals surface area contributed by atoms with Gasteiger partial charge in [0.05, 0.1) is 17.8 Å². The van der Waals surface area contributed by atoms with Crippen LogP contribution in [-0.2, 0) is 9.59 Å². The van der Waals surface area contributed by atoms with Gasteiger partial charge in [-0.25, -0.2) is 9.37 Å². The van der Waals surface area contributed by atoms with Crippen molar-refractivity contribution in [2.24, 2.45) is 11.8 Å². The lowest BCUT2D eigenvalue weighted by Crippen LogP contribution is -2.47. The van der Waals surface area contributed by atoms with Gasteiger partial charge in [0.15, 0.2) is 0 Å². The minimum Gasteiger partial charge on any atom is -0.342 e. The summed E-state index contributed by atoms with van der Waals surface area (Å²) in [6, 6.07) is 1.39. The van der Waals surface area contributed by atoms with E-state index in [9.17, 15) is 14.0 Å². The third kappa shape index (κ3) is 4.86. The Morgan fingerprint density at radius 3 is 2.87 bits per heavy atom. The second-order valence-corrected chi connectivity index (χ2v) is 8.99. The molecular formula is C22H29FN4O2S. The van der Waals surface area contributed by atoms with Crippen molar-refractivity contribution in [2.75, 3.05) is 25.0 Å². The Bertz CT molecular complexity index is 916. The summed E-state index contributed by atoms with van der Waals surface area (Å²) in [5.74, 6) is -0.510. The summed E-state index contributed by atoms with van der Waals surface area (Å²) < 4.78 is 13.5. The van der Waals surface area contributed by atoms with Crippen LogP contribution in [0.3, 0.4) is 0 Å². The maximum Gasteiger partial charge on any atom is 0.232 e. The molecule has 0 N–H and O–H groups in total. The summed E-state index contributed by atoms with van der Waals surface area (Å²) >= 11 is 1.35. The molecule has 1 aliphatic rings. The lowest BCUT2D eigenvalue weighted by Gasteiger charge is -2.35. The summed E-state index contributed by atoms with van der Waals surface area (Å²) in [6.07, 6.45) is 6.16. The summed E-state index contributed by atoms with van der Waals surface area (Å²) in [7, 11) is 1.75. The van der Waals surface area contributed by atoms with Crippen molar-refractivity contribution < 1.29 is 14.0 Å². The van der Waals surface area contributed by atoms with E-state index >= 15 is 0 Å². The fourth-order valence-corrected chi connectivity index (χ4v) is 4.99. The number of carbonyl (C=O) groups excluding carboxylic acids is 2. The van der Waals surface area contributed by atoms with E-state index in [1.165, 1.54) is 17.4 Å². The van der Waals surface area contributed by atoms with E-state index in [1.807, 2.05) is 18.7 Å². The molecule has 2 unspecified atom stereocenters. The number of aryl methyl sites for hydroxylation is 1. The monoisotopic (exact) mass is 432 g/mol. The van der Waals surface area contributed by atoms with Gasteiger partial charge in [0.2, 0.25) is 11.8 Å². The Balaban J connectivity index is 1.73. The zero-order valence-corrected chi connectivity index (χ0v) is 18.8. The van der Waals surface area contributed by atoms with Gasteiger partial charge >= 0.3 is 0 Å². The first kappa shape index (κ1) is 22.3. The van der Waals surface area contributed by atoms with E-state index in [1.54, 1.807) is 18.1 Å². The first-order valence-corrected chi connectivity index (χ1v) is 11.3. The Hall–Kier alpha value is -2.35. The minimum absolute atomic E-state index is 0.00671. The Kier molecular flexibility index (Phi) is 7.18. The number of hydrogen-bond donors (Lipinski definition) is 0. The van der Waals surface area contributed by atoms with Crippen LogP contribution in [0.2, 0.25) is 0 Å². The summed E-state index contributed by atoms with van der Waals surface area (Å²) in [5, 5.41) is 1.37. The van der Waals surface area contributed by atoms with Gasteiger partial charge in [-0.2, -0.15) is 0 Å². The predicted molar refractivity (Wildman–Crippen MR) is 117 cm³/mol. The number of rotatable bonds is 6. The number of nitrogens with zero attached hydrogens (tertiary/aromatic N) is 4. The van der Waals surface area contributed by atoms with Gasteiger partial charge in [0.25, 0.3) is 0 Å². The quantitative estimate of drug-likeness (QED) is 0.683. The number of hydrogen-bond acceptors (Lipinski definition) is 5. The molecule has 8 heteroatoms. The number of thiazole rings is 1. The standard InChI is InChI=1S/C22H29FN4O2S/c1-5-7-14(2)20(28)27-9-6-8-16(13-27)21(29)26(4)22-15(3)25-19(30-22)17-10-18(23)12-24-11-17/h10-12,14,16H,5-9,13H2,1-4H3. The van der Waals surface area contributed by atoms with Crippen LogP contribution in [0.4, 0.5) is 9.39 Å². The minimum atomic E-state index is -0.421. The molecule has 1 saturated heterocycles. The molecule has 3 heterocycles. The lowest BCUT2D eigenvalue weighted by molar-refractivity contribution is -0.138. The van der Waals surface area contributed by atoms with Crippen LogP contribution in [0.25, 0.3) is 10.6 Å². The van der Waals surface area contributed by atoms with Crippen LogP contribution in [0, 0.1) is 24.6 Å². The zero-order valence-electron chi connectivity index (χ0n) is 18.0. The highest BCUT2D eigenvalue weighted by Crippen LogP contribution is 2.35. The number of carbonyl (C=O) groups is 2. The first-order valence-electron chi connectivity index (χ1n) is 10.5. The fourth-order valence-electron chi connectivity index (χ4n) is 3.97. The molecule has 2 aromatic heterocycles. The predicted octanol–water partition coefficient (Wildman–Crippen LogP) is 4.29. The molecule has 162 valence electrons. The van der Waals surface area contributed by atoms with Crippen LogP contribution in [0.1, 0.15) is 45.2 Å². The normalized spacial score (nSPS) is 17.6. The number of aromatic nitrogens is 2. The molecule has 2 atom stereocenters. The highest BCUT2D eigenvalue weighted by atomic mass is 32.1. The molecule has 0 radical (unpaired) electrons. The van der Waals surface area contributed by atoms with E-state index in [-0.39, 0.29) is 23.7 Å². The van der Waals surface area contributed by atoms with Crippen LogP contribution in [-0.4, -0.2) is 46.8 Å². The Morgan fingerprint density at radius 2 is 2.17 bits per heavy atom. The van der Waals surface area contributed by atoms with Crippen molar-refractivity contribution in [1.29, 1.82) is 0 Å². The van der Waals surface area contributed by atoms with Gasteiger partial charge in [-0.1, -0.05) is 31.6 Å². The van der Waals surface area contributed by atoms with Crippen molar-refractivity contribution in [3.63, 3.8) is 0 Å². The molecule has 2 aromatic rings. The molecule has 2 amide bonds. The smallest absolute Gasteiger partial charge is 0.232 e. The number of likely N-dealkylation sites (tertiary alicyclic amines) is 1. The maximum absolute atomic E-state index is 13.5. The van der Waals surface area contributed by atoms with E-state index in [0.717, 1.165) is 49.1 Å². The van der Waals surface area contributed by atoms with E-state index in [4.69, 9.17) is 0 Å². The molecule has 6 nitrogen and oxygen atoms in total. The van der Waals surface area contributed by atoms with Gasteiger partial charge in [-0.15, -0.1) is 0 Å². The van der Waals surface area contributed by atoms with Gasteiger partial charge in [-0.3, -0.25) is 14.6 Å². The number of amides is 2. The molecule has 3 rings (SSSR count). The molecule has 0 bridgehead atoms. The Morgan fingerprint density at radius 1 is 1.40 bits per heavy atom. The van der Waals surface area contributed by atoms with Gasteiger partial charge < -0.3 is 9.80 Å². The maximum atomic E-state index is 13.5. The van der Waals surface area contributed by atoms with Gasteiger partial charge in [-0.05, 0) is 32.3 Å². The van der Waals surface area contributed by atoms with Crippen molar-refractivity contribution in [1.82, 2.24) is 14.9 Å². The highest BCUT2D eigenvalue weighted by molar-refractivity contribution is 7.19. The average molecular weight is 433 g/mol. The molecular weight excluding hydrogens is 403 g/mol. The van der Waals surface area contributed by atoms with Crippen molar-refractivity contribution in [3.8, 4) is 10.6 Å². The van der Waals surface area contributed by atoms with Crippen molar-refractivity contribution in [2.45, 2.75) is 46.5 Å². The average Bonchev–Trinajstić information content (AvgIpc) is 3.14. The summed E-state index contributed by atoms with van der Waals surface area (Å²) in [5.41, 5.74) is 1.31. The van der Waals surface area contributed by atoms with Crippen molar-refractivity contribution >= 4 is 28.2 Å². The Labute approximate surface area is 181 Å². The van der Waals surface area contributed by atoms with Crippen molar-refractivity contribution in [3.05, 3.63) is 30.0 Å². The third-order valence-corrected chi connectivity index (χ3v) is 6.87. The van der Waals surface area contributed by atoms with Gasteiger partial charge in [0, 0.05) is 37.8 Å². The van der Waals surface area contributed by atoms with Crippen LogP contribution >= 0.6 is 11.3 Å². The highest BCUT2D eigenvalue weighted by Gasteiger charge is 2.33. The summed E-state index contributed by atoms with van der Waals surface area (Å²) in [4.78, 5) is 37.8. The van der Waals surface area contributed by atoms with Gasteiger partial charge in [0.1, 0.15) is 15.8 Å². The molecule has 1 aliphatic heterocycles. The second-order valence-electron chi connectivity index (χ2n) is 8.01.